The van der Waals surface area contributed by atoms with E-state index in [2.05, 4.69) is 0 Å². The predicted molar refractivity (Wildman–Crippen MR) is 160 cm³/mol. The van der Waals surface area contributed by atoms with Crippen molar-refractivity contribution >= 4 is 11.8 Å². The van der Waals surface area contributed by atoms with Gasteiger partial charge in [0.05, 0.1) is 23.3 Å². The van der Waals surface area contributed by atoms with Crippen molar-refractivity contribution in [3.05, 3.63) is 71.8 Å². The first-order valence-corrected chi connectivity index (χ1v) is 15.3. The SMILES string of the molecule is CCC(O)(CC)[C@@H](Cc1ccccc1)N(C(=O)C1(C(N)=O)CCCCC1)[C@H](Cc1ccccc1)C(O)(CC)CC. The molecule has 1 aliphatic rings. The number of nitrogens with two attached hydrogens (primary N) is 1. The summed E-state index contributed by atoms with van der Waals surface area (Å²) in [5, 5.41) is 24.4. The number of primary amides is 1. The quantitative estimate of drug-likeness (QED) is 0.267. The Balaban J connectivity index is 2.32. The molecule has 1 fully saturated rings. The van der Waals surface area contributed by atoms with E-state index in [0.29, 0.717) is 51.4 Å². The topological polar surface area (TPSA) is 104 Å². The minimum Gasteiger partial charge on any atom is -0.388 e. The summed E-state index contributed by atoms with van der Waals surface area (Å²) in [5.74, 6) is -0.950. The summed E-state index contributed by atoms with van der Waals surface area (Å²) in [6.07, 6.45) is 5.69. The van der Waals surface area contributed by atoms with Gasteiger partial charge in [0.15, 0.2) is 0 Å². The van der Waals surface area contributed by atoms with Gasteiger partial charge in [-0.2, -0.15) is 0 Å². The molecule has 1 aliphatic carbocycles. The lowest BCUT2D eigenvalue weighted by molar-refractivity contribution is -0.173. The van der Waals surface area contributed by atoms with E-state index >= 15 is 4.79 Å². The maximum absolute atomic E-state index is 15.1. The molecular formula is C34H50N2O4. The van der Waals surface area contributed by atoms with Crippen LogP contribution in [0.25, 0.3) is 0 Å². The van der Waals surface area contributed by atoms with Gasteiger partial charge in [0.2, 0.25) is 11.8 Å². The molecule has 0 heterocycles. The summed E-state index contributed by atoms with van der Waals surface area (Å²) < 4.78 is 0. The first kappa shape index (κ1) is 31.8. The lowest BCUT2D eigenvalue weighted by Gasteiger charge is -2.53. The van der Waals surface area contributed by atoms with E-state index in [1.54, 1.807) is 4.90 Å². The molecule has 2 amide bonds. The minimum absolute atomic E-state index is 0.345. The highest BCUT2D eigenvalue weighted by Gasteiger charge is 2.55. The van der Waals surface area contributed by atoms with Crippen LogP contribution >= 0.6 is 0 Å². The standard InChI is InChI=1S/C34H50N2O4/c1-5-33(39,6-2)28(24-26-18-12-9-13-19-26)36(31(38)32(30(35)37)22-16-11-17-23-32)29(34(40,7-3)8-4)25-27-20-14-10-15-21-27/h9-10,12-15,18-21,28-29,39-40H,5-8,11,16-17,22-25H2,1-4H3,(H2,35,37)/t28-,29-/m1/s1. The molecule has 4 N–H and O–H groups in total. The number of hydrogen-bond acceptors (Lipinski definition) is 4. The molecule has 2 atom stereocenters. The number of amides is 2. The van der Waals surface area contributed by atoms with E-state index < -0.39 is 34.6 Å². The van der Waals surface area contributed by atoms with E-state index in [4.69, 9.17) is 5.73 Å². The zero-order valence-electron chi connectivity index (χ0n) is 24.9. The van der Waals surface area contributed by atoms with Gasteiger partial charge in [-0.1, -0.05) is 108 Å². The smallest absolute Gasteiger partial charge is 0.238 e. The number of hydrogen-bond donors (Lipinski definition) is 3. The van der Waals surface area contributed by atoms with Crippen LogP contribution in [-0.2, 0) is 22.4 Å². The van der Waals surface area contributed by atoms with Gasteiger partial charge in [-0.15, -0.1) is 0 Å². The van der Waals surface area contributed by atoms with Crippen molar-refractivity contribution in [2.75, 3.05) is 0 Å². The average Bonchev–Trinajstić information content (AvgIpc) is 3.00. The van der Waals surface area contributed by atoms with E-state index in [-0.39, 0.29) is 5.91 Å². The molecule has 6 nitrogen and oxygen atoms in total. The lowest BCUT2D eigenvalue weighted by atomic mass is 9.70. The van der Waals surface area contributed by atoms with Gasteiger partial charge in [0, 0.05) is 0 Å². The summed E-state index contributed by atoms with van der Waals surface area (Å²) in [5.41, 5.74) is 4.22. The largest absolute Gasteiger partial charge is 0.388 e. The fourth-order valence-electron chi connectivity index (χ4n) is 6.68. The second-order valence-corrected chi connectivity index (χ2v) is 11.8. The Morgan fingerprint density at radius 2 is 1.12 bits per heavy atom. The second kappa shape index (κ2) is 13.8. The molecule has 0 aromatic heterocycles. The van der Waals surface area contributed by atoms with Crippen LogP contribution in [0.5, 0.6) is 0 Å². The van der Waals surface area contributed by atoms with Crippen molar-refractivity contribution in [1.29, 1.82) is 0 Å². The second-order valence-electron chi connectivity index (χ2n) is 11.8. The molecule has 2 aromatic carbocycles. The number of benzene rings is 2. The molecule has 0 saturated heterocycles. The molecular weight excluding hydrogens is 500 g/mol. The highest BCUT2D eigenvalue weighted by atomic mass is 16.3. The Bertz CT molecular complexity index is 1010. The Labute approximate surface area is 241 Å². The van der Waals surface area contributed by atoms with Gasteiger partial charge >= 0.3 is 0 Å². The van der Waals surface area contributed by atoms with Crippen LogP contribution in [0.2, 0.25) is 0 Å². The van der Waals surface area contributed by atoms with Crippen molar-refractivity contribution in [3.8, 4) is 0 Å². The Hall–Kier alpha value is -2.70. The molecule has 0 bridgehead atoms. The molecule has 0 radical (unpaired) electrons. The van der Waals surface area contributed by atoms with Crippen molar-refractivity contribution in [2.24, 2.45) is 11.1 Å². The van der Waals surface area contributed by atoms with Crippen LogP contribution in [0.1, 0.15) is 96.6 Å². The first-order valence-electron chi connectivity index (χ1n) is 15.3. The van der Waals surface area contributed by atoms with Crippen LogP contribution in [0.3, 0.4) is 0 Å². The van der Waals surface area contributed by atoms with Crippen LogP contribution in [0, 0.1) is 5.41 Å². The fraction of sp³-hybridized carbons (Fsp3) is 0.588. The third-order valence-electron chi connectivity index (χ3n) is 9.73. The predicted octanol–water partition coefficient (Wildman–Crippen LogP) is 5.58. The number of carbonyl (C=O) groups is 2. The Kier molecular flexibility index (Phi) is 11.0. The highest BCUT2D eigenvalue weighted by molar-refractivity contribution is 6.04. The molecule has 6 heteroatoms. The van der Waals surface area contributed by atoms with E-state index in [0.717, 1.165) is 30.4 Å². The molecule has 2 aromatic rings. The third-order valence-corrected chi connectivity index (χ3v) is 9.73. The molecule has 0 aliphatic heterocycles. The number of aliphatic hydroxyl groups is 2. The van der Waals surface area contributed by atoms with Crippen molar-refractivity contribution in [3.63, 3.8) is 0 Å². The number of rotatable bonds is 14. The molecule has 0 unspecified atom stereocenters. The van der Waals surface area contributed by atoms with Gasteiger partial charge in [-0.3, -0.25) is 9.59 Å². The Morgan fingerprint density at radius 1 is 0.750 bits per heavy atom. The summed E-state index contributed by atoms with van der Waals surface area (Å²) >= 11 is 0. The molecule has 220 valence electrons. The van der Waals surface area contributed by atoms with Crippen molar-refractivity contribution in [2.45, 2.75) is 122 Å². The normalized spacial score (nSPS) is 17.1. The molecule has 1 saturated carbocycles. The summed E-state index contributed by atoms with van der Waals surface area (Å²) in [7, 11) is 0. The molecule has 3 rings (SSSR count). The van der Waals surface area contributed by atoms with Gasteiger partial charge < -0.3 is 20.8 Å². The monoisotopic (exact) mass is 550 g/mol. The third kappa shape index (κ3) is 6.60. The van der Waals surface area contributed by atoms with Crippen LogP contribution < -0.4 is 5.73 Å². The van der Waals surface area contributed by atoms with Gasteiger partial charge in [-0.25, -0.2) is 0 Å². The van der Waals surface area contributed by atoms with Crippen molar-refractivity contribution in [1.82, 2.24) is 4.90 Å². The maximum atomic E-state index is 15.1. The number of carbonyl (C=O) groups excluding carboxylic acids is 2. The number of nitrogens with zero attached hydrogens (tertiary/aromatic N) is 1. The fourth-order valence-corrected chi connectivity index (χ4v) is 6.68. The zero-order valence-corrected chi connectivity index (χ0v) is 24.9. The minimum atomic E-state index is -1.35. The average molecular weight is 551 g/mol. The summed E-state index contributed by atoms with van der Waals surface area (Å²) in [6, 6.07) is 18.4. The van der Waals surface area contributed by atoms with E-state index in [9.17, 15) is 15.0 Å². The van der Waals surface area contributed by atoms with Crippen LogP contribution in [-0.4, -0.2) is 50.2 Å². The van der Waals surface area contributed by atoms with Crippen molar-refractivity contribution < 1.29 is 19.8 Å². The lowest BCUT2D eigenvalue weighted by Crippen LogP contribution is -2.68. The molecule has 40 heavy (non-hydrogen) atoms. The summed E-state index contributed by atoms with van der Waals surface area (Å²) in [6.45, 7) is 7.75. The van der Waals surface area contributed by atoms with Gasteiger partial charge in [0.1, 0.15) is 5.41 Å². The van der Waals surface area contributed by atoms with Crippen LogP contribution in [0.4, 0.5) is 0 Å². The van der Waals surface area contributed by atoms with E-state index in [1.807, 2.05) is 88.4 Å². The van der Waals surface area contributed by atoms with E-state index in [1.165, 1.54) is 0 Å². The summed E-state index contributed by atoms with van der Waals surface area (Å²) in [4.78, 5) is 30.0. The zero-order chi connectivity index (χ0) is 29.4. The highest BCUT2D eigenvalue weighted by Crippen LogP contribution is 2.43. The first-order chi connectivity index (χ1) is 19.1. The van der Waals surface area contributed by atoms with Crippen LogP contribution in [0.15, 0.2) is 60.7 Å². The molecule has 0 spiro atoms. The Morgan fingerprint density at radius 3 is 1.45 bits per heavy atom. The van der Waals surface area contributed by atoms with Gasteiger partial charge in [0.25, 0.3) is 0 Å². The van der Waals surface area contributed by atoms with Gasteiger partial charge in [-0.05, 0) is 62.5 Å². The maximum Gasteiger partial charge on any atom is 0.238 e.